The van der Waals surface area contributed by atoms with Gasteiger partial charge in [0.2, 0.25) is 5.88 Å². The van der Waals surface area contributed by atoms with Crippen LogP contribution in [0.25, 0.3) is 0 Å². The quantitative estimate of drug-likeness (QED) is 0.827. The van der Waals surface area contributed by atoms with E-state index in [1.54, 1.807) is 13.1 Å². The fourth-order valence-corrected chi connectivity index (χ4v) is 1.14. The number of rotatable bonds is 3. The number of aromatic nitrogens is 2. The third kappa shape index (κ3) is 2.43. The van der Waals surface area contributed by atoms with Crippen molar-refractivity contribution in [3.63, 3.8) is 0 Å². The molecule has 0 saturated carbocycles. The number of hydrogen-bond donors (Lipinski definition) is 1. The van der Waals surface area contributed by atoms with Gasteiger partial charge in [-0.05, 0) is 12.1 Å². The molecule has 1 heterocycles. The van der Waals surface area contributed by atoms with E-state index in [4.69, 9.17) is 4.74 Å². The van der Waals surface area contributed by atoms with Gasteiger partial charge in [-0.1, -0.05) is 18.2 Å². The van der Waals surface area contributed by atoms with E-state index in [0.717, 1.165) is 11.6 Å². The molecular formula is C11H11N3O. The normalized spacial score (nSPS) is 9.67. The molecule has 2 aromatic rings. The van der Waals surface area contributed by atoms with Crippen molar-refractivity contribution in [2.45, 2.75) is 0 Å². The first kappa shape index (κ1) is 9.45. The lowest BCUT2D eigenvalue weighted by Crippen LogP contribution is -1.94. The van der Waals surface area contributed by atoms with E-state index in [0.29, 0.717) is 5.88 Å². The van der Waals surface area contributed by atoms with Crippen LogP contribution in [0.5, 0.6) is 11.6 Å². The summed E-state index contributed by atoms with van der Waals surface area (Å²) in [7, 11) is 1.80. The van der Waals surface area contributed by atoms with Crippen molar-refractivity contribution in [1.82, 2.24) is 9.97 Å². The number of benzene rings is 1. The topological polar surface area (TPSA) is 47.0 Å². The molecule has 0 spiro atoms. The van der Waals surface area contributed by atoms with Gasteiger partial charge in [-0.15, -0.1) is 0 Å². The van der Waals surface area contributed by atoms with Crippen LogP contribution in [0.3, 0.4) is 0 Å². The van der Waals surface area contributed by atoms with Crippen LogP contribution in [0.1, 0.15) is 0 Å². The average molecular weight is 201 g/mol. The van der Waals surface area contributed by atoms with E-state index in [-0.39, 0.29) is 0 Å². The molecule has 0 atom stereocenters. The predicted octanol–water partition coefficient (Wildman–Crippen LogP) is 2.31. The summed E-state index contributed by atoms with van der Waals surface area (Å²) in [5, 5.41) is 2.92. The Hall–Kier alpha value is -2.10. The fraction of sp³-hybridized carbons (Fsp3) is 0.0909. The molecule has 0 aliphatic rings. The number of anilines is 1. The lowest BCUT2D eigenvalue weighted by Gasteiger charge is -2.04. The third-order valence-corrected chi connectivity index (χ3v) is 1.86. The summed E-state index contributed by atoms with van der Waals surface area (Å²) >= 11 is 0. The Labute approximate surface area is 88.0 Å². The molecule has 1 N–H and O–H groups in total. The fourth-order valence-electron chi connectivity index (χ4n) is 1.14. The molecule has 2 rings (SSSR count). The average Bonchev–Trinajstić information content (AvgIpc) is 2.31. The van der Waals surface area contributed by atoms with Gasteiger partial charge in [0.05, 0.1) is 0 Å². The summed E-state index contributed by atoms with van der Waals surface area (Å²) in [5.74, 6) is 2.02. The summed E-state index contributed by atoms with van der Waals surface area (Å²) in [4.78, 5) is 8.01. The summed E-state index contributed by atoms with van der Waals surface area (Å²) in [6.45, 7) is 0. The number of ether oxygens (including phenoxy) is 1. The van der Waals surface area contributed by atoms with Crippen molar-refractivity contribution in [2.75, 3.05) is 12.4 Å². The van der Waals surface area contributed by atoms with Gasteiger partial charge in [0.1, 0.15) is 17.9 Å². The lowest BCUT2D eigenvalue weighted by molar-refractivity contribution is 0.462. The molecule has 0 amide bonds. The number of para-hydroxylation sites is 1. The van der Waals surface area contributed by atoms with E-state index in [9.17, 15) is 0 Å². The number of nitrogens with one attached hydrogen (secondary N) is 1. The van der Waals surface area contributed by atoms with Crippen LogP contribution in [0.2, 0.25) is 0 Å². The van der Waals surface area contributed by atoms with Gasteiger partial charge in [0.25, 0.3) is 0 Å². The number of nitrogens with zero attached hydrogens (tertiary/aromatic N) is 2. The van der Waals surface area contributed by atoms with Crippen molar-refractivity contribution in [3.05, 3.63) is 42.7 Å². The molecule has 76 valence electrons. The third-order valence-electron chi connectivity index (χ3n) is 1.86. The van der Waals surface area contributed by atoms with Crippen LogP contribution >= 0.6 is 0 Å². The number of hydrogen-bond acceptors (Lipinski definition) is 4. The zero-order valence-electron chi connectivity index (χ0n) is 8.34. The second-order valence-electron chi connectivity index (χ2n) is 2.91. The van der Waals surface area contributed by atoms with Crippen LogP contribution in [-0.4, -0.2) is 17.0 Å². The van der Waals surface area contributed by atoms with Crippen molar-refractivity contribution >= 4 is 5.82 Å². The van der Waals surface area contributed by atoms with Gasteiger partial charge in [-0.3, -0.25) is 0 Å². The minimum absolute atomic E-state index is 0.528. The summed E-state index contributed by atoms with van der Waals surface area (Å²) in [6.07, 6.45) is 1.46. The van der Waals surface area contributed by atoms with Crippen molar-refractivity contribution in [2.24, 2.45) is 0 Å². The zero-order valence-corrected chi connectivity index (χ0v) is 8.34. The monoisotopic (exact) mass is 201 g/mol. The van der Waals surface area contributed by atoms with Crippen molar-refractivity contribution in [1.29, 1.82) is 0 Å². The van der Waals surface area contributed by atoms with E-state index in [2.05, 4.69) is 15.3 Å². The first-order chi connectivity index (χ1) is 7.38. The maximum atomic E-state index is 5.53. The van der Waals surface area contributed by atoms with Gasteiger partial charge in [0.15, 0.2) is 0 Å². The maximum Gasteiger partial charge on any atom is 0.224 e. The second kappa shape index (κ2) is 4.41. The van der Waals surface area contributed by atoms with E-state index in [1.165, 1.54) is 6.33 Å². The highest BCUT2D eigenvalue weighted by molar-refractivity contribution is 5.37. The van der Waals surface area contributed by atoms with Gasteiger partial charge in [0, 0.05) is 13.1 Å². The Morgan fingerprint density at radius 1 is 1.13 bits per heavy atom. The SMILES string of the molecule is CNc1cc(Oc2ccccc2)ncn1. The lowest BCUT2D eigenvalue weighted by atomic mass is 10.3. The minimum Gasteiger partial charge on any atom is -0.439 e. The Kier molecular flexibility index (Phi) is 2.78. The molecule has 0 unspecified atom stereocenters. The first-order valence-electron chi connectivity index (χ1n) is 4.61. The minimum atomic E-state index is 0.528. The maximum absolute atomic E-state index is 5.53. The Morgan fingerprint density at radius 2 is 1.93 bits per heavy atom. The largest absolute Gasteiger partial charge is 0.439 e. The van der Waals surface area contributed by atoms with Crippen LogP contribution in [0, 0.1) is 0 Å². The van der Waals surface area contributed by atoms with Crippen LogP contribution in [0.4, 0.5) is 5.82 Å². The zero-order chi connectivity index (χ0) is 10.5. The molecule has 0 aliphatic heterocycles. The van der Waals surface area contributed by atoms with Crippen molar-refractivity contribution < 1.29 is 4.74 Å². The molecular weight excluding hydrogens is 190 g/mol. The molecule has 0 radical (unpaired) electrons. The molecule has 0 saturated heterocycles. The van der Waals surface area contributed by atoms with Crippen LogP contribution < -0.4 is 10.1 Å². The summed E-state index contributed by atoms with van der Waals surface area (Å²) in [5.41, 5.74) is 0. The summed E-state index contributed by atoms with van der Waals surface area (Å²) in [6, 6.07) is 11.3. The molecule has 0 fully saturated rings. The molecule has 1 aromatic carbocycles. The molecule has 4 heteroatoms. The first-order valence-corrected chi connectivity index (χ1v) is 4.61. The van der Waals surface area contributed by atoms with Crippen LogP contribution in [0.15, 0.2) is 42.7 Å². The van der Waals surface area contributed by atoms with Gasteiger partial charge in [-0.2, -0.15) is 0 Å². The Morgan fingerprint density at radius 3 is 2.67 bits per heavy atom. The standard InChI is InChI=1S/C11H11N3O/c1-12-10-7-11(14-8-13-10)15-9-5-3-2-4-6-9/h2-8H,1H3,(H,12,13,14). The van der Waals surface area contributed by atoms with Gasteiger partial charge >= 0.3 is 0 Å². The molecule has 1 aromatic heterocycles. The van der Waals surface area contributed by atoms with Gasteiger partial charge in [-0.25, -0.2) is 9.97 Å². The molecule has 0 bridgehead atoms. The summed E-state index contributed by atoms with van der Waals surface area (Å²) < 4.78 is 5.53. The molecule has 4 nitrogen and oxygen atoms in total. The molecule has 0 aliphatic carbocycles. The van der Waals surface area contributed by atoms with Crippen LogP contribution in [-0.2, 0) is 0 Å². The smallest absolute Gasteiger partial charge is 0.224 e. The van der Waals surface area contributed by atoms with Gasteiger partial charge < -0.3 is 10.1 Å². The highest BCUT2D eigenvalue weighted by Crippen LogP contribution is 2.19. The molecule has 15 heavy (non-hydrogen) atoms. The highest BCUT2D eigenvalue weighted by atomic mass is 16.5. The van der Waals surface area contributed by atoms with E-state index in [1.807, 2.05) is 30.3 Å². The van der Waals surface area contributed by atoms with E-state index >= 15 is 0 Å². The predicted molar refractivity (Wildman–Crippen MR) is 58.1 cm³/mol. The second-order valence-corrected chi connectivity index (χ2v) is 2.91. The highest BCUT2D eigenvalue weighted by Gasteiger charge is 1.99. The van der Waals surface area contributed by atoms with Crippen molar-refractivity contribution in [3.8, 4) is 11.6 Å². The Balaban J connectivity index is 2.17. The van der Waals surface area contributed by atoms with E-state index < -0.39 is 0 Å². The Bertz CT molecular complexity index is 431.